The van der Waals surface area contributed by atoms with E-state index in [2.05, 4.69) is 0 Å². The quantitative estimate of drug-likeness (QED) is 0.454. The first-order valence-electron chi connectivity index (χ1n) is 2.36. The highest BCUT2D eigenvalue weighted by Crippen LogP contribution is 2.01. The van der Waals surface area contributed by atoms with Gasteiger partial charge in [-0.25, -0.2) is 0 Å². The Morgan fingerprint density at radius 1 is 1.33 bits per heavy atom. The number of nitrogens with zero attached hydrogens (tertiary/aromatic N) is 1. The molecule has 1 radical (unpaired) electrons. The standard InChI is InChI=1S/C6H4NO2/c1-2-7-5(8)3-4-6(7)9/h1-4H. The zero-order valence-corrected chi connectivity index (χ0v) is 4.57. The van der Waals surface area contributed by atoms with Gasteiger partial charge in [0.15, 0.2) is 0 Å². The lowest BCUT2D eigenvalue weighted by Crippen LogP contribution is -2.23. The maximum atomic E-state index is 10.5. The lowest BCUT2D eigenvalue weighted by atomic mass is 10.6. The molecule has 45 valence electrons. The highest BCUT2D eigenvalue weighted by Gasteiger charge is 2.19. The number of carbonyl (C=O) groups is 2. The molecule has 0 fully saturated rings. The minimum absolute atomic E-state index is 0.387. The summed E-state index contributed by atoms with van der Waals surface area (Å²) in [4.78, 5) is 21.9. The number of rotatable bonds is 1. The van der Waals surface area contributed by atoms with Crippen molar-refractivity contribution < 1.29 is 9.59 Å². The van der Waals surface area contributed by atoms with E-state index in [1.807, 2.05) is 0 Å². The Kier molecular flexibility index (Phi) is 1.18. The molecule has 0 aromatic heterocycles. The largest absolute Gasteiger partial charge is 0.269 e. The summed E-state index contributed by atoms with van der Waals surface area (Å²) in [6.07, 6.45) is 3.29. The molecule has 2 amide bonds. The van der Waals surface area contributed by atoms with Crippen LogP contribution in [0, 0.1) is 6.58 Å². The molecule has 0 aromatic carbocycles. The van der Waals surface area contributed by atoms with Crippen molar-refractivity contribution in [2.75, 3.05) is 0 Å². The van der Waals surface area contributed by atoms with Gasteiger partial charge in [0.25, 0.3) is 11.8 Å². The van der Waals surface area contributed by atoms with Crippen LogP contribution < -0.4 is 0 Å². The van der Waals surface area contributed by atoms with Gasteiger partial charge in [-0.1, -0.05) is 0 Å². The summed E-state index contributed by atoms with van der Waals surface area (Å²) in [6.45, 7) is 4.93. The van der Waals surface area contributed by atoms with Gasteiger partial charge in [-0.2, -0.15) is 0 Å². The maximum absolute atomic E-state index is 10.5. The first-order valence-corrected chi connectivity index (χ1v) is 2.36. The normalized spacial score (nSPS) is 17.1. The highest BCUT2D eigenvalue weighted by atomic mass is 16.2. The van der Waals surface area contributed by atoms with E-state index in [0.29, 0.717) is 0 Å². The second-order valence-electron chi connectivity index (χ2n) is 1.53. The van der Waals surface area contributed by atoms with Gasteiger partial charge < -0.3 is 0 Å². The van der Waals surface area contributed by atoms with E-state index in [1.54, 1.807) is 0 Å². The van der Waals surface area contributed by atoms with Crippen LogP contribution in [-0.2, 0) is 9.59 Å². The van der Waals surface area contributed by atoms with Crippen molar-refractivity contribution in [3.05, 3.63) is 24.9 Å². The Hall–Kier alpha value is -1.38. The van der Waals surface area contributed by atoms with Gasteiger partial charge in [-0.15, -0.1) is 0 Å². The molecule has 3 heteroatoms. The molecule has 1 rings (SSSR count). The molecule has 0 saturated carbocycles. The smallest absolute Gasteiger partial charge is 0.257 e. The summed E-state index contributed by atoms with van der Waals surface area (Å²) in [7, 11) is 0. The lowest BCUT2D eigenvalue weighted by molar-refractivity contribution is -0.133. The number of carbonyl (C=O) groups excluding carboxylic acids is 2. The Morgan fingerprint density at radius 2 is 1.78 bits per heavy atom. The van der Waals surface area contributed by atoms with Crippen LogP contribution in [0.3, 0.4) is 0 Å². The number of imide groups is 1. The summed E-state index contributed by atoms with van der Waals surface area (Å²) in [5, 5.41) is 0. The van der Waals surface area contributed by atoms with E-state index in [9.17, 15) is 9.59 Å². The first kappa shape index (κ1) is 5.75. The SMILES string of the molecule is [CH]=CN1C(=O)C=CC1=O. The molecule has 9 heavy (non-hydrogen) atoms. The van der Waals surface area contributed by atoms with Gasteiger partial charge in [0.2, 0.25) is 0 Å². The average Bonchev–Trinajstić information content (AvgIpc) is 2.12. The van der Waals surface area contributed by atoms with Crippen molar-refractivity contribution >= 4 is 11.8 Å². The van der Waals surface area contributed by atoms with Gasteiger partial charge in [0.05, 0.1) is 0 Å². The summed E-state index contributed by atoms with van der Waals surface area (Å²) < 4.78 is 0. The third-order valence-electron chi connectivity index (χ3n) is 0.992. The van der Waals surface area contributed by atoms with Crippen molar-refractivity contribution in [3.8, 4) is 0 Å². The van der Waals surface area contributed by atoms with Gasteiger partial charge in [-0.3, -0.25) is 14.5 Å². The predicted octanol–water partition coefficient (Wildman–Crippen LogP) is -0.142. The molecule has 1 aliphatic rings. The Balaban J connectivity index is 2.87. The van der Waals surface area contributed by atoms with Crippen molar-refractivity contribution in [1.82, 2.24) is 4.90 Å². The van der Waals surface area contributed by atoms with Crippen LogP contribution in [0.5, 0.6) is 0 Å². The molecule has 0 spiro atoms. The van der Waals surface area contributed by atoms with Gasteiger partial charge in [0, 0.05) is 18.4 Å². The molecule has 0 unspecified atom stereocenters. The van der Waals surface area contributed by atoms with Crippen molar-refractivity contribution in [3.63, 3.8) is 0 Å². The molecule has 1 heterocycles. The minimum atomic E-state index is -0.387. The van der Waals surface area contributed by atoms with E-state index >= 15 is 0 Å². The Morgan fingerprint density at radius 3 is 2.00 bits per heavy atom. The van der Waals surface area contributed by atoms with E-state index in [1.165, 1.54) is 12.2 Å². The van der Waals surface area contributed by atoms with Gasteiger partial charge >= 0.3 is 0 Å². The van der Waals surface area contributed by atoms with Crippen molar-refractivity contribution in [2.24, 2.45) is 0 Å². The van der Waals surface area contributed by atoms with Crippen LogP contribution >= 0.6 is 0 Å². The molecule has 0 aliphatic carbocycles. The molecular weight excluding hydrogens is 118 g/mol. The fourth-order valence-electron chi connectivity index (χ4n) is 0.559. The Labute approximate surface area is 52.3 Å². The van der Waals surface area contributed by atoms with Crippen molar-refractivity contribution in [2.45, 2.75) is 0 Å². The van der Waals surface area contributed by atoms with Crippen LogP contribution in [0.1, 0.15) is 0 Å². The molecule has 0 aromatic rings. The molecule has 3 nitrogen and oxygen atoms in total. The van der Waals surface area contributed by atoms with E-state index in [-0.39, 0.29) is 11.8 Å². The maximum Gasteiger partial charge on any atom is 0.257 e. The molecule has 0 bridgehead atoms. The molecule has 1 aliphatic heterocycles. The fourth-order valence-corrected chi connectivity index (χ4v) is 0.559. The second kappa shape index (κ2) is 1.85. The lowest BCUT2D eigenvalue weighted by Gasteiger charge is -2.03. The monoisotopic (exact) mass is 122 g/mol. The van der Waals surface area contributed by atoms with Crippen molar-refractivity contribution in [1.29, 1.82) is 0 Å². The topological polar surface area (TPSA) is 37.4 Å². The van der Waals surface area contributed by atoms with Crippen LogP contribution in [0.15, 0.2) is 18.4 Å². The zero-order valence-electron chi connectivity index (χ0n) is 4.57. The van der Waals surface area contributed by atoms with Gasteiger partial charge in [-0.05, 0) is 6.58 Å². The minimum Gasteiger partial charge on any atom is -0.269 e. The molecule has 0 atom stereocenters. The summed E-state index contributed by atoms with van der Waals surface area (Å²) in [5.41, 5.74) is 0. The van der Waals surface area contributed by atoms with Crippen LogP contribution in [-0.4, -0.2) is 16.7 Å². The third-order valence-corrected chi connectivity index (χ3v) is 0.992. The summed E-state index contributed by atoms with van der Waals surface area (Å²) in [6, 6.07) is 0. The Bertz CT molecular complexity index is 187. The number of hydrogen-bond donors (Lipinski definition) is 0. The predicted molar refractivity (Wildman–Crippen MR) is 29.9 cm³/mol. The van der Waals surface area contributed by atoms with Crippen LogP contribution in [0.25, 0.3) is 0 Å². The second-order valence-corrected chi connectivity index (χ2v) is 1.53. The van der Waals surface area contributed by atoms with Crippen LogP contribution in [0.4, 0.5) is 0 Å². The molecule has 0 saturated heterocycles. The summed E-state index contributed by atoms with van der Waals surface area (Å²) >= 11 is 0. The molecular formula is C6H4NO2. The zero-order chi connectivity index (χ0) is 6.85. The van der Waals surface area contributed by atoms with E-state index < -0.39 is 0 Å². The first-order chi connectivity index (χ1) is 4.25. The number of hydrogen-bond acceptors (Lipinski definition) is 2. The van der Waals surface area contributed by atoms with Gasteiger partial charge in [0.1, 0.15) is 0 Å². The van der Waals surface area contributed by atoms with E-state index in [0.717, 1.165) is 11.1 Å². The third kappa shape index (κ3) is 0.762. The highest BCUT2D eigenvalue weighted by molar-refractivity contribution is 6.13. The summed E-state index contributed by atoms with van der Waals surface area (Å²) in [5.74, 6) is -0.773. The molecule has 0 N–H and O–H groups in total. The average molecular weight is 122 g/mol. The number of amides is 2. The van der Waals surface area contributed by atoms with E-state index in [4.69, 9.17) is 6.58 Å². The van der Waals surface area contributed by atoms with Crippen LogP contribution in [0.2, 0.25) is 0 Å². The fraction of sp³-hybridized carbons (Fsp3) is 0.